The van der Waals surface area contributed by atoms with Crippen molar-refractivity contribution in [2.75, 3.05) is 32.8 Å². The first-order valence-corrected chi connectivity index (χ1v) is 15.8. The Morgan fingerprint density at radius 2 is 1.95 bits per heavy atom. The first-order chi connectivity index (χ1) is 20.2. The number of hydrogen-bond acceptors (Lipinski definition) is 7. The largest absolute Gasteiger partial charge is 0.460 e. The van der Waals surface area contributed by atoms with E-state index in [-0.39, 0.29) is 30.9 Å². The third-order valence-corrected chi connectivity index (χ3v) is 8.79. The fraction of sp³-hybridized carbons (Fsp3) is 0.750. The number of nitrogens with zero attached hydrogens (tertiary/aromatic N) is 2. The van der Waals surface area contributed by atoms with Gasteiger partial charge in [0.15, 0.2) is 0 Å². The van der Waals surface area contributed by atoms with E-state index in [9.17, 15) is 19.2 Å². The van der Waals surface area contributed by atoms with E-state index >= 15 is 0 Å². The van der Waals surface area contributed by atoms with Gasteiger partial charge in [-0.05, 0) is 45.4 Å². The lowest BCUT2D eigenvalue weighted by Crippen LogP contribution is -2.56. The quantitative estimate of drug-likeness (QED) is 0.127. The van der Waals surface area contributed by atoms with Gasteiger partial charge >= 0.3 is 5.97 Å². The second-order valence-electron chi connectivity index (χ2n) is 11.9. The molecule has 2 bridgehead atoms. The number of amides is 3. The van der Waals surface area contributed by atoms with Crippen LogP contribution < -0.4 is 5.32 Å². The second kappa shape index (κ2) is 16.2. The van der Waals surface area contributed by atoms with Crippen molar-refractivity contribution in [2.24, 2.45) is 11.8 Å². The number of nitrogens with one attached hydrogen (secondary N) is 1. The summed E-state index contributed by atoms with van der Waals surface area (Å²) in [4.78, 5) is 57.3. The van der Waals surface area contributed by atoms with Gasteiger partial charge in [0.2, 0.25) is 17.7 Å². The molecule has 1 spiro atoms. The highest BCUT2D eigenvalue weighted by Gasteiger charge is 2.75. The Bertz CT molecular complexity index is 972. The van der Waals surface area contributed by atoms with Crippen LogP contribution in [0.3, 0.4) is 0 Å². The molecule has 3 heterocycles. The van der Waals surface area contributed by atoms with Crippen LogP contribution in [-0.2, 0) is 28.7 Å². The lowest BCUT2D eigenvalue weighted by molar-refractivity contribution is -0.159. The zero-order chi connectivity index (χ0) is 30.7. The van der Waals surface area contributed by atoms with Gasteiger partial charge in [0.05, 0.1) is 24.5 Å². The maximum absolute atomic E-state index is 14.2. The van der Waals surface area contributed by atoms with Crippen LogP contribution in [0.5, 0.6) is 0 Å². The van der Waals surface area contributed by atoms with Gasteiger partial charge in [-0.25, -0.2) is 0 Å². The average Bonchev–Trinajstić information content (AvgIpc) is 3.61. The maximum Gasteiger partial charge on any atom is 0.312 e. The average molecular weight is 590 g/mol. The fourth-order valence-corrected chi connectivity index (χ4v) is 6.76. The summed E-state index contributed by atoms with van der Waals surface area (Å²) < 4.78 is 12.3. The van der Waals surface area contributed by atoms with Crippen LogP contribution in [0.25, 0.3) is 0 Å². The lowest BCUT2D eigenvalue weighted by atomic mass is 9.70. The first kappa shape index (κ1) is 33.8. The summed E-state index contributed by atoms with van der Waals surface area (Å²) >= 11 is 0. The van der Waals surface area contributed by atoms with E-state index < -0.39 is 41.7 Å². The second-order valence-corrected chi connectivity index (χ2v) is 11.9. The van der Waals surface area contributed by atoms with Crippen molar-refractivity contribution < 1.29 is 33.8 Å². The Kier molecular flexibility index (Phi) is 13.0. The molecule has 2 N–H and O–H groups in total. The van der Waals surface area contributed by atoms with E-state index in [0.29, 0.717) is 58.2 Å². The predicted octanol–water partition coefficient (Wildman–Crippen LogP) is 3.13. The molecular weight excluding hydrogens is 538 g/mol. The standard InChI is InChI=1S/C32H51N3O7/c1-5-8-12-19-34(18-7-3)30(39)28-32-17-16-24(42-32)26(27(32)29(38)35(28)20-13-10-11-14-21-36)31(40)41-23(4)22-33-25(37)15-9-6-2/h6-7,23-24,26-28,36H,2-3,5,8-22H2,1,4H3,(H,33,37)/t23-,24-,26+,27+,28-,32+/m0/s1. The molecule has 3 amide bonds. The highest BCUT2D eigenvalue weighted by molar-refractivity contribution is 5.98. The van der Waals surface area contributed by atoms with Crippen LogP contribution in [0.15, 0.2) is 25.3 Å². The van der Waals surface area contributed by atoms with Gasteiger partial charge < -0.3 is 29.7 Å². The molecule has 0 aromatic heterocycles. The third kappa shape index (κ3) is 7.61. The van der Waals surface area contributed by atoms with Gasteiger partial charge in [-0.3, -0.25) is 19.2 Å². The number of carbonyl (C=O) groups excluding carboxylic acids is 4. The molecule has 0 unspecified atom stereocenters. The van der Waals surface area contributed by atoms with Crippen LogP contribution >= 0.6 is 0 Å². The number of esters is 1. The number of allylic oxidation sites excluding steroid dienone is 1. The van der Waals surface area contributed by atoms with Crippen molar-refractivity contribution in [2.45, 2.75) is 108 Å². The molecular formula is C32H51N3O7. The van der Waals surface area contributed by atoms with Gasteiger partial charge in [-0.15, -0.1) is 13.2 Å². The van der Waals surface area contributed by atoms with Gasteiger partial charge in [-0.2, -0.15) is 0 Å². The van der Waals surface area contributed by atoms with Gasteiger partial charge in [0.25, 0.3) is 0 Å². The van der Waals surface area contributed by atoms with Crippen LogP contribution in [0.1, 0.15) is 84.5 Å². The SMILES string of the molecule is C=CCCC(=O)NC[C@H](C)OC(=O)[C@@H]1[C@@H]2CC[C@]3(O2)[C@H](C(=O)N(CC=C)CCCCC)N(CCCCCCO)C(=O)[C@@H]13. The minimum absolute atomic E-state index is 0.124. The number of ether oxygens (including phenoxy) is 2. The molecule has 3 saturated heterocycles. The Hall–Kier alpha value is -2.72. The molecule has 0 radical (unpaired) electrons. The predicted molar refractivity (Wildman–Crippen MR) is 159 cm³/mol. The molecule has 0 aromatic carbocycles. The highest BCUT2D eigenvalue weighted by Crippen LogP contribution is 2.58. The van der Waals surface area contributed by atoms with E-state index in [0.717, 1.165) is 32.1 Å². The molecule has 0 aromatic rings. The number of likely N-dealkylation sites (tertiary alicyclic amines) is 1. The Morgan fingerprint density at radius 1 is 1.19 bits per heavy atom. The maximum atomic E-state index is 14.2. The Labute approximate surface area is 250 Å². The molecule has 10 heteroatoms. The normalized spacial score (nSPS) is 26.5. The number of carbonyl (C=O) groups is 4. The zero-order valence-corrected chi connectivity index (χ0v) is 25.6. The van der Waals surface area contributed by atoms with Crippen LogP contribution in [0.4, 0.5) is 0 Å². The molecule has 10 nitrogen and oxygen atoms in total. The van der Waals surface area contributed by atoms with Crippen molar-refractivity contribution >= 4 is 23.7 Å². The highest BCUT2D eigenvalue weighted by atomic mass is 16.6. The van der Waals surface area contributed by atoms with E-state index in [1.54, 1.807) is 28.9 Å². The van der Waals surface area contributed by atoms with Gasteiger partial charge in [0, 0.05) is 32.7 Å². The van der Waals surface area contributed by atoms with E-state index in [1.165, 1.54) is 0 Å². The minimum atomic E-state index is -1.07. The summed E-state index contributed by atoms with van der Waals surface area (Å²) in [5, 5.41) is 11.9. The topological polar surface area (TPSA) is 125 Å². The minimum Gasteiger partial charge on any atom is -0.460 e. The summed E-state index contributed by atoms with van der Waals surface area (Å²) in [6, 6.07) is -0.807. The van der Waals surface area contributed by atoms with Crippen LogP contribution in [0, 0.1) is 11.8 Å². The molecule has 3 aliphatic heterocycles. The molecule has 3 fully saturated rings. The summed E-state index contributed by atoms with van der Waals surface area (Å²) in [5.74, 6) is -2.63. The molecule has 6 atom stereocenters. The number of aliphatic hydroxyl groups is 1. The molecule has 236 valence electrons. The molecule has 0 saturated carbocycles. The molecule has 42 heavy (non-hydrogen) atoms. The number of rotatable bonds is 20. The molecule has 3 aliphatic rings. The number of aliphatic hydroxyl groups excluding tert-OH is 1. The van der Waals surface area contributed by atoms with Crippen LogP contribution in [-0.4, -0.2) is 95.2 Å². The molecule has 3 rings (SSSR count). The number of fused-ring (bicyclic) bond motifs is 1. The number of hydrogen-bond donors (Lipinski definition) is 2. The molecule has 0 aliphatic carbocycles. The summed E-state index contributed by atoms with van der Waals surface area (Å²) in [6.07, 6.45) is 10.2. The fourth-order valence-electron chi connectivity index (χ4n) is 6.76. The lowest BCUT2D eigenvalue weighted by Gasteiger charge is -2.37. The van der Waals surface area contributed by atoms with Gasteiger partial charge in [-0.1, -0.05) is 44.8 Å². The summed E-state index contributed by atoms with van der Waals surface area (Å²) in [5.41, 5.74) is -1.07. The monoisotopic (exact) mass is 589 g/mol. The van der Waals surface area contributed by atoms with E-state index in [4.69, 9.17) is 14.6 Å². The zero-order valence-electron chi connectivity index (χ0n) is 25.6. The van der Waals surface area contributed by atoms with Gasteiger partial charge in [0.1, 0.15) is 17.7 Å². The van der Waals surface area contributed by atoms with Crippen molar-refractivity contribution in [3.63, 3.8) is 0 Å². The van der Waals surface area contributed by atoms with E-state index in [2.05, 4.69) is 25.4 Å². The number of unbranched alkanes of at least 4 members (excludes halogenated alkanes) is 5. The smallest absolute Gasteiger partial charge is 0.312 e. The summed E-state index contributed by atoms with van der Waals surface area (Å²) in [7, 11) is 0. The Morgan fingerprint density at radius 3 is 2.64 bits per heavy atom. The van der Waals surface area contributed by atoms with Crippen molar-refractivity contribution in [1.82, 2.24) is 15.1 Å². The van der Waals surface area contributed by atoms with Crippen molar-refractivity contribution in [3.05, 3.63) is 25.3 Å². The van der Waals surface area contributed by atoms with Crippen molar-refractivity contribution in [1.29, 1.82) is 0 Å². The first-order valence-electron chi connectivity index (χ1n) is 15.8. The van der Waals surface area contributed by atoms with E-state index in [1.807, 2.05) is 0 Å². The third-order valence-electron chi connectivity index (χ3n) is 8.79. The van der Waals surface area contributed by atoms with Crippen molar-refractivity contribution in [3.8, 4) is 0 Å². The Balaban J connectivity index is 1.80. The summed E-state index contributed by atoms with van der Waals surface area (Å²) in [6.45, 7) is 12.9. The van der Waals surface area contributed by atoms with Crippen LogP contribution in [0.2, 0.25) is 0 Å².